The van der Waals surface area contributed by atoms with Gasteiger partial charge < -0.3 is 9.84 Å². The molecule has 8 nitrogen and oxygen atoms in total. The van der Waals surface area contributed by atoms with Gasteiger partial charge in [0, 0.05) is 6.42 Å². The number of hydrogen-bond acceptors (Lipinski definition) is 5. The summed E-state index contributed by atoms with van der Waals surface area (Å²) in [7, 11) is 0. The van der Waals surface area contributed by atoms with Gasteiger partial charge >= 0.3 is 5.69 Å². The Balaban J connectivity index is 2.17. The first-order valence-electron chi connectivity index (χ1n) is 5.29. The zero-order chi connectivity index (χ0) is 12.9. The Morgan fingerprint density at radius 1 is 1.50 bits per heavy atom. The molecule has 0 unspecified atom stereocenters. The molecule has 0 aliphatic carbocycles. The fourth-order valence-electron chi connectivity index (χ4n) is 1.96. The summed E-state index contributed by atoms with van der Waals surface area (Å²) >= 11 is 0. The highest BCUT2D eigenvalue weighted by atomic mass is 16.5. The topological polar surface area (TPSA) is 113 Å². The minimum Gasteiger partial charge on any atom is -0.472 e. The summed E-state index contributed by atoms with van der Waals surface area (Å²) in [5, 5.41) is 9.55. The molecule has 94 valence electrons. The molecular weight excluding hydrogens is 240 g/mol. The van der Waals surface area contributed by atoms with Crippen LogP contribution in [0.1, 0.15) is 12.6 Å². The molecule has 2 atom stereocenters. The Morgan fingerprint density at radius 3 is 2.94 bits per heavy atom. The van der Waals surface area contributed by atoms with Crippen LogP contribution in [0, 0.1) is 0 Å². The molecule has 0 amide bonds. The quantitative estimate of drug-likeness (QED) is 0.613. The number of fused-ring (bicyclic) bond motifs is 1. The Labute approximate surface area is 99.6 Å². The normalized spacial score (nSPS) is 23.5. The molecule has 1 fully saturated rings. The largest absolute Gasteiger partial charge is 0.472 e. The van der Waals surface area contributed by atoms with E-state index in [9.17, 15) is 14.7 Å². The van der Waals surface area contributed by atoms with Crippen LogP contribution in [0.15, 0.2) is 28.3 Å². The molecule has 3 N–H and O–H groups in total. The molecule has 1 aliphatic rings. The lowest BCUT2D eigenvalue weighted by Gasteiger charge is -2.11. The second-order valence-electron chi connectivity index (χ2n) is 4.05. The number of nitrogens with zero attached hydrogens (tertiary/aromatic N) is 2. The molecule has 0 aromatic carbocycles. The maximum atomic E-state index is 11.5. The summed E-state index contributed by atoms with van der Waals surface area (Å²) in [5.74, 6) is 0.258. The van der Waals surface area contributed by atoms with Crippen molar-refractivity contribution in [3.8, 4) is 0 Å². The first-order chi connectivity index (χ1) is 8.56. The van der Waals surface area contributed by atoms with Crippen LogP contribution < -0.4 is 11.2 Å². The number of ether oxygens (including phenoxy) is 1. The molecule has 0 saturated carbocycles. The van der Waals surface area contributed by atoms with Crippen molar-refractivity contribution in [3.05, 3.63) is 39.5 Å². The van der Waals surface area contributed by atoms with Crippen molar-refractivity contribution >= 4 is 11.2 Å². The Hall–Kier alpha value is -2.35. The zero-order valence-corrected chi connectivity index (χ0v) is 9.21. The number of rotatable bonds is 1. The van der Waals surface area contributed by atoms with Gasteiger partial charge in [-0.05, 0) is 0 Å². The van der Waals surface area contributed by atoms with E-state index in [1.807, 2.05) is 0 Å². The maximum Gasteiger partial charge on any atom is 0.327 e. The summed E-state index contributed by atoms with van der Waals surface area (Å²) in [5.41, 5.74) is -0.808. The Kier molecular flexibility index (Phi) is 2.14. The molecule has 8 heteroatoms. The van der Waals surface area contributed by atoms with Crippen LogP contribution in [-0.4, -0.2) is 30.7 Å². The van der Waals surface area contributed by atoms with Gasteiger partial charge in [-0.15, -0.1) is 0 Å². The number of aliphatic hydroxyl groups is 1. The van der Waals surface area contributed by atoms with Crippen LogP contribution in [0.5, 0.6) is 0 Å². The highest BCUT2D eigenvalue weighted by Crippen LogP contribution is 2.31. The maximum absolute atomic E-state index is 11.5. The highest BCUT2D eigenvalue weighted by molar-refractivity contribution is 5.68. The lowest BCUT2D eigenvalue weighted by atomic mass is 10.2. The SMILES string of the molecule is C=C1O[C@@H](n2cnc3c(=O)[nH]c(=O)[nH]c32)C[C@@H]1O. The number of aromatic nitrogens is 4. The van der Waals surface area contributed by atoms with E-state index in [1.54, 1.807) is 0 Å². The van der Waals surface area contributed by atoms with Crippen LogP contribution >= 0.6 is 0 Å². The van der Waals surface area contributed by atoms with Gasteiger partial charge in [-0.3, -0.25) is 19.3 Å². The second kappa shape index (κ2) is 3.57. The van der Waals surface area contributed by atoms with E-state index in [-0.39, 0.29) is 16.9 Å². The van der Waals surface area contributed by atoms with Gasteiger partial charge in [0.2, 0.25) is 0 Å². The molecule has 0 radical (unpaired) electrons. The number of hydrogen-bond donors (Lipinski definition) is 3. The van der Waals surface area contributed by atoms with E-state index in [0.717, 1.165) is 0 Å². The monoisotopic (exact) mass is 250 g/mol. The van der Waals surface area contributed by atoms with Crippen molar-refractivity contribution < 1.29 is 9.84 Å². The van der Waals surface area contributed by atoms with Gasteiger partial charge in [-0.2, -0.15) is 0 Å². The molecule has 1 aliphatic heterocycles. The molecule has 3 heterocycles. The molecular formula is C10H10N4O4. The molecule has 3 rings (SSSR count). The average molecular weight is 250 g/mol. The van der Waals surface area contributed by atoms with Crippen molar-refractivity contribution in [1.82, 2.24) is 19.5 Å². The first-order valence-corrected chi connectivity index (χ1v) is 5.29. The van der Waals surface area contributed by atoms with Crippen molar-refractivity contribution in [1.29, 1.82) is 0 Å². The number of imidazole rings is 1. The lowest BCUT2D eigenvalue weighted by molar-refractivity contribution is 0.101. The third-order valence-electron chi connectivity index (χ3n) is 2.86. The zero-order valence-electron chi connectivity index (χ0n) is 9.21. The van der Waals surface area contributed by atoms with Crippen molar-refractivity contribution in [2.24, 2.45) is 0 Å². The van der Waals surface area contributed by atoms with Crippen LogP contribution in [0.25, 0.3) is 11.2 Å². The average Bonchev–Trinajstić information content (AvgIpc) is 2.83. The molecule has 18 heavy (non-hydrogen) atoms. The van der Waals surface area contributed by atoms with Crippen LogP contribution in [0.2, 0.25) is 0 Å². The Morgan fingerprint density at radius 2 is 2.28 bits per heavy atom. The molecule has 2 aromatic rings. The molecule has 0 bridgehead atoms. The summed E-state index contributed by atoms with van der Waals surface area (Å²) < 4.78 is 6.84. The van der Waals surface area contributed by atoms with Gasteiger partial charge in [0.25, 0.3) is 5.56 Å². The van der Waals surface area contributed by atoms with Crippen LogP contribution in [0.4, 0.5) is 0 Å². The van der Waals surface area contributed by atoms with Gasteiger partial charge in [0.15, 0.2) is 11.7 Å². The predicted molar refractivity (Wildman–Crippen MR) is 60.9 cm³/mol. The Bertz CT molecular complexity index is 740. The second-order valence-corrected chi connectivity index (χ2v) is 4.05. The van der Waals surface area contributed by atoms with Crippen molar-refractivity contribution in [2.45, 2.75) is 18.8 Å². The molecule has 0 spiro atoms. The minimum absolute atomic E-state index is 0.116. The van der Waals surface area contributed by atoms with Crippen LogP contribution in [0.3, 0.4) is 0 Å². The van der Waals surface area contributed by atoms with Gasteiger partial charge in [-0.25, -0.2) is 9.78 Å². The lowest BCUT2D eigenvalue weighted by Crippen LogP contribution is -2.23. The summed E-state index contributed by atoms with van der Waals surface area (Å²) in [4.78, 5) is 31.2. The third kappa shape index (κ3) is 1.46. The van der Waals surface area contributed by atoms with E-state index in [0.29, 0.717) is 6.42 Å². The summed E-state index contributed by atoms with van der Waals surface area (Å²) in [6.07, 6.45) is 0.376. The minimum atomic E-state index is -0.763. The standard InChI is InChI=1S/C10H10N4O4/c1-4-5(15)2-6(18-4)14-3-11-7-8(14)12-10(17)13-9(7)16/h3,5-6,15H,1-2H2,(H2,12,13,16,17)/t5-,6+/m0/s1. The number of aromatic amines is 2. The third-order valence-corrected chi connectivity index (χ3v) is 2.86. The summed E-state index contributed by atoms with van der Waals surface area (Å²) in [6.45, 7) is 3.56. The number of H-pyrrole nitrogens is 2. The van der Waals surface area contributed by atoms with Gasteiger partial charge in [-0.1, -0.05) is 6.58 Å². The summed E-state index contributed by atoms with van der Waals surface area (Å²) in [6, 6.07) is 0. The fraction of sp³-hybridized carbons (Fsp3) is 0.300. The van der Waals surface area contributed by atoms with Gasteiger partial charge in [0.05, 0.1) is 0 Å². The van der Waals surface area contributed by atoms with Crippen molar-refractivity contribution in [2.75, 3.05) is 0 Å². The van der Waals surface area contributed by atoms with E-state index in [4.69, 9.17) is 4.74 Å². The van der Waals surface area contributed by atoms with Crippen LogP contribution in [-0.2, 0) is 4.74 Å². The molecule has 2 aromatic heterocycles. The predicted octanol–water partition coefficient (Wildman–Crippen LogP) is -0.794. The smallest absolute Gasteiger partial charge is 0.327 e. The molecule has 1 saturated heterocycles. The first kappa shape index (κ1) is 10.8. The van der Waals surface area contributed by atoms with Crippen molar-refractivity contribution in [3.63, 3.8) is 0 Å². The van der Waals surface area contributed by atoms with E-state index in [2.05, 4.69) is 21.5 Å². The number of aliphatic hydroxyl groups excluding tert-OH is 1. The van der Waals surface area contributed by atoms with Gasteiger partial charge in [0.1, 0.15) is 23.8 Å². The van der Waals surface area contributed by atoms with E-state index in [1.165, 1.54) is 10.9 Å². The van der Waals surface area contributed by atoms with E-state index < -0.39 is 23.6 Å². The number of nitrogens with one attached hydrogen (secondary N) is 2. The highest BCUT2D eigenvalue weighted by Gasteiger charge is 2.30. The fourth-order valence-corrected chi connectivity index (χ4v) is 1.96. The van der Waals surface area contributed by atoms with E-state index >= 15 is 0 Å².